The van der Waals surface area contributed by atoms with Gasteiger partial charge in [-0.25, -0.2) is 0 Å². The van der Waals surface area contributed by atoms with Crippen LogP contribution in [0.2, 0.25) is 0 Å². The number of amides is 1. The van der Waals surface area contributed by atoms with Crippen LogP contribution in [0.1, 0.15) is 20.3 Å². The number of likely N-dealkylation sites (N-methyl/N-ethyl adjacent to an activating group) is 1. The highest BCUT2D eigenvalue weighted by molar-refractivity contribution is 5.84. The second kappa shape index (κ2) is 5.84. The van der Waals surface area contributed by atoms with E-state index in [1.807, 2.05) is 6.92 Å². The van der Waals surface area contributed by atoms with E-state index >= 15 is 0 Å². The quantitative estimate of drug-likeness (QED) is 0.656. The van der Waals surface area contributed by atoms with Gasteiger partial charge in [0.2, 0.25) is 5.91 Å². The molecule has 1 rings (SSSR count). The summed E-state index contributed by atoms with van der Waals surface area (Å²) >= 11 is 0. The lowest BCUT2D eigenvalue weighted by Crippen LogP contribution is -2.39. The summed E-state index contributed by atoms with van der Waals surface area (Å²) in [6.07, 6.45) is 0.671. The lowest BCUT2D eigenvalue weighted by Gasteiger charge is -2.21. The number of carbonyl (C=O) groups is 2. The SMILES string of the molecule is CCOC(=O)CN(C)C(=O)C1CCOC1C. The Morgan fingerprint density at radius 2 is 2.19 bits per heavy atom. The number of esters is 1. The Morgan fingerprint density at radius 1 is 1.50 bits per heavy atom. The molecule has 0 aliphatic carbocycles. The van der Waals surface area contributed by atoms with Gasteiger partial charge in [0.1, 0.15) is 6.54 Å². The fourth-order valence-corrected chi connectivity index (χ4v) is 1.82. The molecule has 0 N–H and O–H groups in total. The van der Waals surface area contributed by atoms with Crippen molar-refractivity contribution in [3.05, 3.63) is 0 Å². The molecule has 1 aliphatic rings. The molecule has 1 aliphatic heterocycles. The standard InChI is InChI=1S/C11H19NO4/c1-4-15-10(13)7-12(3)11(14)9-5-6-16-8(9)2/h8-9H,4-7H2,1-3H3. The van der Waals surface area contributed by atoms with Crippen LogP contribution in [0.3, 0.4) is 0 Å². The molecule has 1 fully saturated rings. The van der Waals surface area contributed by atoms with Crippen molar-refractivity contribution in [2.75, 3.05) is 26.8 Å². The Labute approximate surface area is 95.7 Å². The second-order valence-corrected chi connectivity index (χ2v) is 3.97. The van der Waals surface area contributed by atoms with Gasteiger partial charge in [0.05, 0.1) is 18.6 Å². The first-order chi connectivity index (χ1) is 7.56. The monoisotopic (exact) mass is 229 g/mol. The smallest absolute Gasteiger partial charge is 0.325 e. The van der Waals surface area contributed by atoms with Gasteiger partial charge < -0.3 is 14.4 Å². The third kappa shape index (κ3) is 3.20. The summed E-state index contributed by atoms with van der Waals surface area (Å²) in [5, 5.41) is 0. The van der Waals surface area contributed by atoms with Crippen molar-refractivity contribution in [1.82, 2.24) is 4.90 Å². The van der Waals surface area contributed by atoms with Crippen LogP contribution in [-0.2, 0) is 19.1 Å². The number of ether oxygens (including phenoxy) is 2. The van der Waals surface area contributed by atoms with E-state index in [1.165, 1.54) is 4.90 Å². The Balaban J connectivity index is 2.44. The summed E-state index contributed by atoms with van der Waals surface area (Å²) in [7, 11) is 1.62. The molecule has 92 valence electrons. The van der Waals surface area contributed by atoms with Crippen molar-refractivity contribution in [2.24, 2.45) is 5.92 Å². The number of hydrogen-bond donors (Lipinski definition) is 0. The van der Waals surface area contributed by atoms with Crippen molar-refractivity contribution in [3.63, 3.8) is 0 Å². The number of nitrogens with zero attached hydrogens (tertiary/aromatic N) is 1. The molecule has 16 heavy (non-hydrogen) atoms. The highest BCUT2D eigenvalue weighted by Gasteiger charge is 2.33. The average molecular weight is 229 g/mol. The minimum atomic E-state index is -0.370. The highest BCUT2D eigenvalue weighted by Crippen LogP contribution is 2.22. The van der Waals surface area contributed by atoms with Crippen LogP contribution in [0.5, 0.6) is 0 Å². The van der Waals surface area contributed by atoms with Crippen LogP contribution < -0.4 is 0 Å². The zero-order valence-corrected chi connectivity index (χ0v) is 10.1. The highest BCUT2D eigenvalue weighted by atomic mass is 16.5. The minimum absolute atomic E-state index is 0.00981. The summed E-state index contributed by atoms with van der Waals surface area (Å²) in [5.41, 5.74) is 0. The van der Waals surface area contributed by atoms with Crippen molar-refractivity contribution < 1.29 is 19.1 Å². The van der Waals surface area contributed by atoms with Crippen molar-refractivity contribution in [1.29, 1.82) is 0 Å². The van der Waals surface area contributed by atoms with Crippen LogP contribution in [0.15, 0.2) is 0 Å². The molecular weight excluding hydrogens is 210 g/mol. The van der Waals surface area contributed by atoms with Gasteiger partial charge in [-0.05, 0) is 20.3 Å². The molecule has 1 saturated heterocycles. The summed E-state index contributed by atoms with van der Waals surface area (Å²) in [5.74, 6) is -0.539. The van der Waals surface area contributed by atoms with Crippen LogP contribution in [-0.4, -0.2) is 49.7 Å². The Kier molecular flexibility index (Phi) is 4.73. The average Bonchev–Trinajstić information content (AvgIpc) is 2.63. The van der Waals surface area contributed by atoms with E-state index < -0.39 is 0 Å². The minimum Gasteiger partial charge on any atom is -0.465 e. The molecule has 0 aromatic carbocycles. The van der Waals surface area contributed by atoms with Gasteiger partial charge in [0, 0.05) is 13.7 Å². The van der Waals surface area contributed by atoms with Gasteiger partial charge in [0.15, 0.2) is 0 Å². The number of hydrogen-bond acceptors (Lipinski definition) is 4. The molecule has 0 radical (unpaired) electrons. The fourth-order valence-electron chi connectivity index (χ4n) is 1.82. The van der Waals surface area contributed by atoms with Crippen molar-refractivity contribution in [3.8, 4) is 0 Å². The maximum Gasteiger partial charge on any atom is 0.325 e. The molecular formula is C11H19NO4. The summed E-state index contributed by atoms with van der Waals surface area (Å²) in [6.45, 7) is 4.59. The van der Waals surface area contributed by atoms with Gasteiger partial charge in [0.25, 0.3) is 0 Å². The second-order valence-electron chi connectivity index (χ2n) is 3.97. The first kappa shape index (κ1) is 13.0. The molecule has 0 bridgehead atoms. The van der Waals surface area contributed by atoms with Gasteiger partial charge in [-0.2, -0.15) is 0 Å². The van der Waals surface area contributed by atoms with Crippen LogP contribution >= 0.6 is 0 Å². The zero-order chi connectivity index (χ0) is 12.1. The lowest BCUT2D eigenvalue weighted by molar-refractivity contribution is -0.149. The van der Waals surface area contributed by atoms with E-state index in [-0.39, 0.29) is 30.4 Å². The third-order valence-electron chi connectivity index (χ3n) is 2.74. The van der Waals surface area contributed by atoms with Crippen LogP contribution in [0.25, 0.3) is 0 Å². The Bertz CT molecular complexity index is 267. The molecule has 5 nitrogen and oxygen atoms in total. The predicted octanol–water partition coefficient (Wildman–Crippen LogP) is 0.433. The van der Waals surface area contributed by atoms with E-state index in [1.54, 1.807) is 14.0 Å². The largest absolute Gasteiger partial charge is 0.465 e. The summed E-state index contributed by atoms with van der Waals surface area (Å²) in [4.78, 5) is 24.6. The Morgan fingerprint density at radius 3 is 2.69 bits per heavy atom. The van der Waals surface area contributed by atoms with Gasteiger partial charge in [-0.3, -0.25) is 9.59 Å². The maximum absolute atomic E-state index is 11.9. The topological polar surface area (TPSA) is 55.8 Å². The summed E-state index contributed by atoms with van der Waals surface area (Å²) in [6, 6.07) is 0. The molecule has 5 heteroatoms. The third-order valence-corrected chi connectivity index (χ3v) is 2.74. The number of rotatable bonds is 4. The van der Waals surface area contributed by atoms with Crippen LogP contribution in [0, 0.1) is 5.92 Å². The van der Waals surface area contributed by atoms with E-state index in [0.717, 1.165) is 6.42 Å². The first-order valence-corrected chi connectivity index (χ1v) is 5.58. The molecule has 1 heterocycles. The van der Waals surface area contributed by atoms with Gasteiger partial charge in [-0.15, -0.1) is 0 Å². The fraction of sp³-hybridized carbons (Fsp3) is 0.818. The summed E-state index contributed by atoms with van der Waals surface area (Å²) < 4.78 is 10.1. The molecule has 1 amide bonds. The molecule has 0 aromatic heterocycles. The Hall–Kier alpha value is -1.10. The van der Waals surface area contributed by atoms with Gasteiger partial charge >= 0.3 is 5.97 Å². The molecule has 0 aromatic rings. The van der Waals surface area contributed by atoms with E-state index in [0.29, 0.717) is 13.2 Å². The predicted molar refractivity (Wildman–Crippen MR) is 57.8 cm³/mol. The lowest BCUT2D eigenvalue weighted by atomic mass is 10.0. The molecule has 2 atom stereocenters. The van der Waals surface area contributed by atoms with Crippen LogP contribution in [0.4, 0.5) is 0 Å². The maximum atomic E-state index is 11.9. The van der Waals surface area contributed by atoms with E-state index in [9.17, 15) is 9.59 Å². The van der Waals surface area contributed by atoms with Crippen molar-refractivity contribution >= 4 is 11.9 Å². The molecule has 2 unspecified atom stereocenters. The number of carbonyl (C=O) groups excluding carboxylic acids is 2. The first-order valence-electron chi connectivity index (χ1n) is 5.58. The van der Waals surface area contributed by atoms with Gasteiger partial charge in [-0.1, -0.05) is 0 Å². The zero-order valence-electron chi connectivity index (χ0n) is 10.1. The molecule has 0 saturated carbocycles. The van der Waals surface area contributed by atoms with E-state index in [4.69, 9.17) is 9.47 Å². The van der Waals surface area contributed by atoms with E-state index in [2.05, 4.69) is 0 Å². The molecule has 0 spiro atoms. The normalized spacial score (nSPS) is 24.2. The van der Waals surface area contributed by atoms with Crippen molar-refractivity contribution in [2.45, 2.75) is 26.4 Å².